The van der Waals surface area contributed by atoms with Crippen LogP contribution in [0.5, 0.6) is 5.75 Å². The molecular formula is C18H22N2O2. The van der Waals surface area contributed by atoms with Crippen LogP contribution in [0, 0.1) is 13.8 Å². The minimum Gasteiger partial charge on any atom is -0.494 e. The van der Waals surface area contributed by atoms with Gasteiger partial charge >= 0.3 is 0 Å². The zero-order valence-corrected chi connectivity index (χ0v) is 13.3. The number of hydrogen-bond donors (Lipinski definition) is 2. The van der Waals surface area contributed by atoms with Crippen LogP contribution < -0.4 is 15.4 Å². The average molecular weight is 298 g/mol. The fourth-order valence-corrected chi connectivity index (χ4v) is 2.21. The predicted molar refractivity (Wildman–Crippen MR) is 90.6 cm³/mol. The first kappa shape index (κ1) is 15.9. The van der Waals surface area contributed by atoms with Crippen molar-refractivity contribution in [2.45, 2.75) is 20.8 Å². The second-order valence-corrected chi connectivity index (χ2v) is 5.13. The molecule has 4 heteroatoms. The first-order valence-electron chi connectivity index (χ1n) is 7.43. The van der Waals surface area contributed by atoms with Gasteiger partial charge in [-0.3, -0.25) is 4.79 Å². The van der Waals surface area contributed by atoms with E-state index in [0.29, 0.717) is 6.61 Å². The molecule has 0 spiro atoms. The summed E-state index contributed by atoms with van der Waals surface area (Å²) >= 11 is 0. The average Bonchev–Trinajstić information content (AvgIpc) is 2.51. The molecule has 2 N–H and O–H groups in total. The summed E-state index contributed by atoms with van der Waals surface area (Å²) < 4.78 is 5.38. The summed E-state index contributed by atoms with van der Waals surface area (Å²) in [6, 6.07) is 13.5. The molecule has 2 aromatic carbocycles. The van der Waals surface area contributed by atoms with Gasteiger partial charge in [-0.15, -0.1) is 0 Å². The Labute approximate surface area is 131 Å². The lowest BCUT2D eigenvalue weighted by molar-refractivity contribution is -0.114. The molecule has 0 bridgehead atoms. The van der Waals surface area contributed by atoms with Crippen molar-refractivity contribution in [2.75, 3.05) is 23.8 Å². The van der Waals surface area contributed by atoms with Crippen LogP contribution in [0.4, 0.5) is 11.4 Å². The molecule has 116 valence electrons. The van der Waals surface area contributed by atoms with Gasteiger partial charge in [-0.1, -0.05) is 18.2 Å². The van der Waals surface area contributed by atoms with Crippen LogP contribution in [0.2, 0.25) is 0 Å². The van der Waals surface area contributed by atoms with E-state index in [1.165, 1.54) is 0 Å². The van der Waals surface area contributed by atoms with Crippen LogP contribution in [0.1, 0.15) is 18.1 Å². The lowest BCUT2D eigenvalue weighted by Gasteiger charge is -2.12. The van der Waals surface area contributed by atoms with Crippen molar-refractivity contribution in [2.24, 2.45) is 0 Å². The van der Waals surface area contributed by atoms with Crippen molar-refractivity contribution >= 4 is 17.3 Å². The van der Waals surface area contributed by atoms with Gasteiger partial charge in [-0.2, -0.15) is 0 Å². The lowest BCUT2D eigenvalue weighted by Crippen LogP contribution is -2.22. The Hall–Kier alpha value is -2.49. The van der Waals surface area contributed by atoms with Gasteiger partial charge in [0.25, 0.3) is 0 Å². The van der Waals surface area contributed by atoms with Gasteiger partial charge < -0.3 is 15.4 Å². The number of para-hydroxylation sites is 1. The molecule has 0 atom stereocenters. The van der Waals surface area contributed by atoms with Crippen LogP contribution in [-0.2, 0) is 4.79 Å². The molecule has 0 saturated heterocycles. The predicted octanol–water partition coefficient (Wildman–Crippen LogP) is 3.75. The quantitative estimate of drug-likeness (QED) is 0.854. The summed E-state index contributed by atoms with van der Waals surface area (Å²) in [5.74, 6) is 0.763. The Kier molecular flexibility index (Phi) is 5.42. The molecule has 0 aliphatic heterocycles. The molecule has 0 unspecified atom stereocenters. The molecule has 0 radical (unpaired) electrons. The number of carbonyl (C=O) groups excluding carboxylic acids is 1. The number of ether oxygens (including phenoxy) is 1. The van der Waals surface area contributed by atoms with Crippen molar-refractivity contribution in [1.82, 2.24) is 0 Å². The van der Waals surface area contributed by atoms with Crippen LogP contribution in [0.15, 0.2) is 42.5 Å². The summed E-state index contributed by atoms with van der Waals surface area (Å²) in [4.78, 5) is 12.1. The van der Waals surface area contributed by atoms with Crippen molar-refractivity contribution in [3.05, 3.63) is 53.6 Å². The minimum absolute atomic E-state index is 0.0636. The van der Waals surface area contributed by atoms with E-state index in [1.807, 2.05) is 63.2 Å². The summed E-state index contributed by atoms with van der Waals surface area (Å²) in [6.45, 7) is 6.79. The van der Waals surface area contributed by atoms with Crippen molar-refractivity contribution in [3.63, 3.8) is 0 Å². The smallest absolute Gasteiger partial charge is 0.243 e. The third kappa shape index (κ3) is 4.25. The van der Waals surface area contributed by atoms with Gasteiger partial charge in [0.15, 0.2) is 0 Å². The van der Waals surface area contributed by atoms with Crippen molar-refractivity contribution < 1.29 is 9.53 Å². The third-order valence-corrected chi connectivity index (χ3v) is 3.36. The SMILES string of the molecule is CCOc1ccc(NCC(=O)Nc2c(C)cccc2C)cc1. The number of hydrogen-bond acceptors (Lipinski definition) is 3. The van der Waals surface area contributed by atoms with E-state index in [9.17, 15) is 4.79 Å². The van der Waals surface area contributed by atoms with E-state index in [4.69, 9.17) is 4.74 Å². The third-order valence-electron chi connectivity index (χ3n) is 3.36. The van der Waals surface area contributed by atoms with E-state index >= 15 is 0 Å². The number of aryl methyl sites for hydroxylation is 2. The fourth-order valence-electron chi connectivity index (χ4n) is 2.21. The second-order valence-electron chi connectivity index (χ2n) is 5.13. The fraction of sp³-hybridized carbons (Fsp3) is 0.278. The molecule has 0 aromatic heterocycles. The number of benzene rings is 2. The highest BCUT2D eigenvalue weighted by Gasteiger charge is 2.07. The molecule has 0 aliphatic rings. The summed E-state index contributed by atoms with van der Waals surface area (Å²) in [5, 5.41) is 6.06. The van der Waals surface area contributed by atoms with E-state index in [1.54, 1.807) is 0 Å². The van der Waals surface area contributed by atoms with Gasteiger partial charge in [0.1, 0.15) is 5.75 Å². The van der Waals surface area contributed by atoms with Crippen molar-refractivity contribution in [1.29, 1.82) is 0 Å². The summed E-state index contributed by atoms with van der Waals surface area (Å²) in [7, 11) is 0. The monoisotopic (exact) mass is 298 g/mol. The lowest BCUT2D eigenvalue weighted by atomic mass is 10.1. The number of amides is 1. The molecule has 2 aromatic rings. The van der Waals surface area contributed by atoms with Gasteiger partial charge in [0.2, 0.25) is 5.91 Å². The van der Waals surface area contributed by atoms with E-state index in [2.05, 4.69) is 10.6 Å². The molecule has 0 heterocycles. The second kappa shape index (κ2) is 7.50. The Morgan fingerprint density at radius 3 is 2.27 bits per heavy atom. The number of carbonyl (C=O) groups is 1. The van der Waals surface area contributed by atoms with E-state index < -0.39 is 0 Å². The van der Waals surface area contributed by atoms with Gasteiger partial charge in [0, 0.05) is 11.4 Å². The summed E-state index contributed by atoms with van der Waals surface area (Å²) in [6.07, 6.45) is 0. The highest BCUT2D eigenvalue weighted by molar-refractivity contribution is 5.95. The van der Waals surface area contributed by atoms with Crippen molar-refractivity contribution in [3.8, 4) is 5.75 Å². The number of rotatable bonds is 6. The highest BCUT2D eigenvalue weighted by atomic mass is 16.5. The molecule has 1 amide bonds. The first-order chi connectivity index (χ1) is 10.6. The molecule has 2 rings (SSSR count). The van der Waals surface area contributed by atoms with Crippen LogP contribution in [-0.4, -0.2) is 19.1 Å². The molecular weight excluding hydrogens is 276 g/mol. The maximum Gasteiger partial charge on any atom is 0.243 e. The molecule has 0 aliphatic carbocycles. The highest BCUT2D eigenvalue weighted by Crippen LogP contribution is 2.19. The Morgan fingerprint density at radius 1 is 1.05 bits per heavy atom. The van der Waals surface area contributed by atoms with Crippen LogP contribution in [0.3, 0.4) is 0 Å². The minimum atomic E-state index is -0.0636. The standard InChI is InChI=1S/C18H22N2O2/c1-4-22-16-10-8-15(9-11-16)19-12-17(21)20-18-13(2)6-5-7-14(18)3/h5-11,19H,4,12H2,1-3H3,(H,20,21). The zero-order valence-electron chi connectivity index (χ0n) is 13.3. The van der Waals surface area contributed by atoms with Crippen LogP contribution in [0.25, 0.3) is 0 Å². The molecule has 4 nitrogen and oxygen atoms in total. The van der Waals surface area contributed by atoms with Gasteiger partial charge in [-0.05, 0) is 56.2 Å². The molecule has 0 fully saturated rings. The maximum absolute atomic E-state index is 12.1. The number of anilines is 2. The maximum atomic E-state index is 12.1. The van der Waals surface area contributed by atoms with Crippen LogP contribution >= 0.6 is 0 Å². The topological polar surface area (TPSA) is 50.4 Å². The van der Waals surface area contributed by atoms with E-state index in [-0.39, 0.29) is 12.5 Å². The molecule has 0 saturated carbocycles. The van der Waals surface area contributed by atoms with Gasteiger partial charge in [0.05, 0.1) is 13.2 Å². The largest absolute Gasteiger partial charge is 0.494 e. The Balaban J connectivity index is 1.90. The zero-order chi connectivity index (χ0) is 15.9. The summed E-state index contributed by atoms with van der Waals surface area (Å²) in [5.41, 5.74) is 3.91. The van der Waals surface area contributed by atoms with E-state index in [0.717, 1.165) is 28.3 Å². The Morgan fingerprint density at radius 2 is 1.68 bits per heavy atom. The van der Waals surface area contributed by atoms with Gasteiger partial charge in [-0.25, -0.2) is 0 Å². The first-order valence-corrected chi connectivity index (χ1v) is 7.43. The number of nitrogens with one attached hydrogen (secondary N) is 2. The normalized spacial score (nSPS) is 10.1. The molecule has 22 heavy (non-hydrogen) atoms. The Bertz CT molecular complexity index is 616.